The van der Waals surface area contributed by atoms with Gasteiger partial charge in [0.15, 0.2) is 0 Å². The fourth-order valence-electron chi connectivity index (χ4n) is 4.21. The molecule has 0 aliphatic carbocycles. The van der Waals surface area contributed by atoms with Gasteiger partial charge in [-0.2, -0.15) is 4.40 Å². The first kappa shape index (κ1) is 50.1. The van der Waals surface area contributed by atoms with E-state index in [2.05, 4.69) is 16.0 Å². The van der Waals surface area contributed by atoms with Crippen LogP contribution in [0.2, 0.25) is 0 Å². The van der Waals surface area contributed by atoms with Crippen LogP contribution in [0.1, 0.15) is 116 Å². The Morgan fingerprint density at radius 2 is 1.13 bits per heavy atom. The van der Waals surface area contributed by atoms with Gasteiger partial charge in [-0.1, -0.05) is 0 Å². The van der Waals surface area contributed by atoms with Gasteiger partial charge < -0.3 is 43.7 Å². The molecular weight excluding hydrogens is 705 g/mol. The number of hydrogen-bond donors (Lipinski definition) is 1. The van der Waals surface area contributed by atoms with E-state index in [0.29, 0.717) is 32.1 Å². The van der Waals surface area contributed by atoms with Crippen molar-refractivity contribution in [2.24, 2.45) is 16.2 Å². The number of nitrogens with zero attached hydrogens (tertiary/aromatic N) is 3. The molecule has 1 N–H and O–H groups in total. The van der Waals surface area contributed by atoms with Crippen molar-refractivity contribution in [3.05, 3.63) is 7.43 Å². The predicted molar refractivity (Wildman–Crippen MR) is 190 cm³/mol. The third-order valence-corrected chi connectivity index (χ3v) is 9.89. The van der Waals surface area contributed by atoms with E-state index < -0.39 is 33.2 Å². The van der Waals surface area contributed by atoms with Crippen LogP contribution in [0.3, 0.4) is 0 Å². The summed E-state index contributed by atoms with van der Waals surface area (Å²) in [5, 5.41) is 0. The Morgan fingerprint density at radius 1 is 0.761 bits per heavy atom. The van der Waals surface area contributed by atoms with Crippen molar-refractivity contribution in [3.63, 3.8) is 0 Å². The minimum absolute atomic E-state index is 0. The van der Waals surface area contributed by atoms with Crippen LogP contribution in [0, 0.1) is 19.3 Å². The summed E-state index contributed by atoms with van der Waals surface area (Å²) in [4.78, 5) is 27.5. The number of nitrogens with one attached hydrogen (secondary N) is 1. The first-order valence-electron chi connectivity index (χ1n) is 15.5. The van der Waals surface area contributed by atoms with Gasteiger partial charge in [0.05, 0.1) is 20.5 Å². The number of carbonyl (C=O) groups is 2. The van der Waals surface area contributed by atoms with Gasteiger partial charge in [-0.05, 0) is 128 Å². The van der Waals surface area contributed by atoms with Crippen LogP contribution in [0.25, 0.3) is 0 Å². The van der Waals surface area contributed by atoms with Crippen molar-refractivity contribution in [2.45, 2.75) is 142 Å². The molecule has 0 aromatic carbocycles. The fraction of sp³-hybridized carbons (Fsp3) is 0.875. The van der Waals surface area contributed by atoms with Crippen LogP contribution in [0.4, 0.5) is 9.59 Å². The van der Waals surface area contributed by atoms with Crippen LogP contribution in [-0.4, -0.2) is 113 Å². The van der Waals surface area contributed by atoms with Gasteiger partial charge in [0, 0.05) is 38.4 Å². The molecular formula is C32H63BrMgN4O6S2. The quantitative estimate of drug-likeness (QED) is 0.261. The third-order valence-electron chi connectivity index (χ3n) is 6.83. The van der Waals surface area contributed by atoms with Crippen molar-refractivity contribution in [1.82, 2.24) is 14.5 Å². The second-order valence-corrected chi connectivity index (χ2v) is 19.4. The molecule has 2 aliphatic heterocycles. The molecule has 2 amide bonds. The molecule has 1 unspecified atom stereocenters. The van der Waals surface area contributed by atoms with Gasteiger partial charge in [-0.3, -0.25) is 0 Å². The standard InChI is InChI=1S/C16H32N2O3S.C15H28N2O3S.CH3.BrH.Mg/c1-12(17-22(20)16(5,6)7)13-8-10-18(11-9-13)14(19)21-15(2,3)4;1-14(2,3)20-13(18)17-9-7-12(8-10-17)11-16-21(19)15(4,5)6;;;/h12-13,17H,8-11H2,1-7H3;11-12H,7-10H2,1-6H3;1H3;1H;/q;;-1;;+2/p-1/t12?,22-;21-;;;/m11.../s1. The third kappa shape index (κ3) is 20.3. The van der Waals surface area contributed by atoms with Gasteiger partial charge in [0.1, 0.15) is 22.2 Å². The summed E-state index contributed by atoms with van der Waals surface area (Å²) in [7, 11) is -2.26. The molecule has 2 saturated heterocycles. The summed E-state index contributed by atoms with van der Waals surface area (Å²) in [6.45, 7) is 27.7. The first-order valence-corrected chi connectivity index (χ1v) is 17.7. The SMILES string of the molecule is CC(C)(C)OC(=O)N1CCC(C=N[S@](=O)C(C)(C)C)CC1.CC(N[S@](=O)C(C)(C)C)C1CCN(C(=O)OC(C)(C)C)CC1.[Br-].[CH3-].[Mg+2]. The number of piperidine rings is 2. The maximum absolute atomic E-state index is 12.2. The summed E-state index contributed by atoms with van der Waals surface area (Å²) in [6, 6.07) is 0.181. The topological polar surface area (TPSA) is 118 Å². The molecule has 0 spiro atoms. The van der Waals surface area contributed by atoms with Crippen LogP contribution in [0.5, 0.6) is 0 Å². The number of amides is 2. The zero-order valence-corrected chi connectivity index (χ0v) is 35.8. The number of rotatable bonds is 5. The average Bonchev–Trinajstić information content (AvgIpc) is 2.84. The molecule has 2 fully saturated rings. The molecule has 2 aliphatic rings. The largest absolute Gasteiger partial charge is 2.00 e. The molecule has 2 heterocycles. The van der Waals surface area contributed by atoms with E-state index in [-0.39, 0.29) is 81.1 Å². The number of carbonyl (C=O) groups excluding carboxylic acids is 2. The number of likely N-dealkylation sites (tertiary alicyclic amines) is 2. The molecule has 0 saturated carbocycles. The van der Waals surface area contributed by atoms with E-state index in [1.54, 1.807) is 16.0 Å². The molecule has 2 rings (SSSR count). The molecule has 0 radical (unpaired) electrons. The summed E-state index contributed by atoms with van der Waals surface area (Å²) >= 11 is 0. The van der Waals surface area contributed by atoms with E-state index in [0.717, 1.165) is 25.7 Å². The minimum atomic E-state index is -1.21. The van der Waals surface area contributed by atoms with Gasteiger partial charge in [-0.15, -0.1) is 0 Å². The zero-order chi connectivity index (χ0) is 33.4. The summed E-state index contributed by atoms with van der Waals surface area (Å²) in [5.74, 6) is 0.722. The Bertz CT molecular complexity index is 991. The van der Waals surface area contributed by atoms with Crippen molar-refractivity contribution in [2.75, 3.05) is 26.2 Å². The minimum Gasteiger partial charge on any atom is -1.00 e. The van der Waals surface area contributed by atoms with Crippen molar-refractivity contribution in [3.8, 4) is 0 Å². The van der Waals surface area contributed by atoms with E-state index in [1.165, 1.54) is 0 Å². The van der Waals surface area contributed by atoms with Crippen LogP contribution < -0.4 is 21.7 Å². The van der Waals surface area contributed by atoms with Gasteiger partial charge in [0.2, 0.25) is 0 Å². The Hall–Kier alpha value is -0.284. The summed E-state index contributed by atoms with van der Waals surface area (Å²) < 4.78 is 41.6. The summed E-state index contributed by atoms with van der Waals surface area (Å²) in [5.41, 5.74) is -0.911. The monoisotopic (exact) mass is 766 g/mol. The van der Waals surface area contributed by atoms with Gasteiger partial charge in [-0.25, -0.2) is 22.7 Å². The predicted octanol–water partition coefficient (Wildman–Crippen LogP) is 3.31. The van der Waals surface area contributed by atoms with Crippen molar-refractivity contribution >= 4 is 63.4 Å². The van der Waals surface area contributed by atoms with E-state index in [9.17, 15) is 18.0 Å². The maximum atomic E-state index is 12.2. The molecule has 3 atom stereocenters. The smallest absolute Gasteiger partial charge is 1.00 e. The van der Waals surface area contributed by atoms with E-state index in [4.69, 9.17) is 9.47 Å². The summed E-state index contributed by atoms with van der Waals surface area (Å²) in [6.07, 6.45) is 4.81. The Kier molecular flexibility index (Phi) is 22.9. The van der Waals surface area contributed by atoms with Crippen molar-refractivity contribution < 1.29 is 44.5 Å². The van der Waals surface area contributed by atoms with E-state index in [1.807, 2.05) is 83.1 Å². The molecule has 0 bridgehead atoms. The van der Waals surface area contributed by atoms with Gasteiger partial charge in [0.25, 0.3) is 0 Å². The maximum Gasteiger partial charge on any atom is 2.00 e. The van der Waals surface area contributed by atoms with Crippen LogP contribution in [0.15, 0.2) is 4.40 Å². The van der Waals surface area contributed by atoms with Gasteiger partial charge >= 0.3 is 35.2 Å². The normalized spacial score (nSPS) is 18.9. The Labute approximate surface area is 312 Å². The molecule has 0 aromatic heterocycles. The van der Waals surface area contributed by atoms with Crippen LogP contribution in [-0.2, 0) is 31.4 Å². The van der Waals surface area contributed by atoms with Crippen molar-refractivity contribution in [1.29, 1.82) is 0 Å². The molecule has 10 nitrogen and oxygen atoms in total. The first-order chi connectivity index (χ1) is 19.4. The Morgan fingerprint density at radius 3 is 1.46 bits per heavy atom. The fourth-order valence-corrected chi connectivity index (χ4v) is 5.69. The van der Waals surface area contributed by atoms with Crippen LogP contribution >= 0.6 is 0 Å². The number of hydrogen-bond acceptors (Lipinski definition) is 6. The molecule has 14 heteroatoms. The average molecular weight is 768 g/mol. The second-order valence-electron chi connectivity index (χ2n) is 15.5. The number of ether oxygens (including phenoxy) is 2. The Balaban J connectivity index is -0.000000755. The molecule has 0 aromatic rings. The molecule has 268 valence electrons. The van der Waals surface area contributed by atoms with E-state index >= 15 is 0 Å². The zero-order valence-electron chi connectivity index (χ0n) is 31.2. The molecule has 46 heavy (non-hydrogen) atoms. The second kappa shape index (κ2) is 21.0. The number of halogens is 1.